The Morgan fingerprint density at radius 1 is 1.11 bits per heavy atom. The highest BCUT2D eigenvalue weighted by atomic mass is 16.6. The number of ether oxygens (including phenoxy) is 2. The fraction of sp³-hybridized carbons (Fsp3) is 0.250. The molecule has 140 valence electrons. The lowest BCUT2D eigenvalue weighted by molar-refractivity contribution is -0.118. The van der Waals surface area contributed by atoms with E-state index in [2.05, 4.69) is 15.6 Å². The lowest BCUT2D eigenvalue weighted by Gasteiger charge is -2.10. The molecule has 7 heteroatoms. The maximum Gasteiger partial charge on any atom is 0.263 e. The zero-order valence-electron chi connectivity index (χ0n) is 15.4. The van der Waals surface area contributed by atoms with Gasteiger partial charge in [0.2, 0.25) is 5.82 Å². The van der Waals surface area contributed by atoms with Crippen LogP contribution in [0.5, 0.6) is 11.5 Å². The van der Waals surface area contributed by atoms with Gasteiger partial charge in [0, 0.05) is 5.56 Å². The number of rotatable bonds is 7. The van der Waals surface area contributed by atoms with E-state index in [-0.39, 0.29) is 24.4 Å². The van der Waals surface area contributed by atoms with Crippen LogP contribution in [0.4, 0.5) is 5.82 Å². The van der Waals surface area contributed by atoms with Crippen LogP contribution in [0.3, 0.4) is 0 Å². The molecule has 0 fully saturated rings. The molecule has 0 aliphatic rings. The second-order valence-electron chi connectivity index (χ2n) is 6.25. The molecule has 27 heavy (non-hydrogen) atoms. The standard InChI is InChI=1S/C20H21N3O4/c1-13(2)26-16-10-8-15(9-11-16)19-20(23-27-22-19)21-18(24)12-25-17-7-5-4-6-14(17)3/h4-11,13H,12H2,1-3H3,(H,21,23,24). The second-order valence-corrected chi connectivity index (χ2v) is 6.25. The lowest BCUT2D eigenvalue weighted by Crippen LogP contribution is -2.21. The topological polar surface area (TPSA) is 86.5 Å². The maximum atomic E-state index is 12.2. The molecule has 0 radical (unpaired) electrons. The van der Waals surface area contributed by atoms with Crippen molar-refractivity contribution >= 4 is 11.7 Å². The molecule has 0 unspecified atom stereocenters. The van der Waals surface area contributed by atoms with Gasteiger partial charge in [0.05, 0.1) is 6.10 Å². The molecule has 1 N–H and O–H groups in total. The van der Waals surface area contributed by atoms with Crippen molar-refractivity contribution in [1.82, 2.24) is 10.3 Å². The number of hydrogen-bond acceptors (Lipinski definition) is 6. The zero-order chi connectivity index (χ0) is 19.2. The summed E-state index contributed by atoms with van der Waals surface area (Å²) in [7, 11) is 0. The van der Waals surface area contributed by atoms with Crippen molar-refractivity contribution in [3.05, 3.63) is 54.1 Å². The van der Waals surface area contributed by atoms with Gasteiger partial charge in [-0.05, 0) is 67.0 Å². The van der Waals surface area contributed by atoms with E-state index in [9.17, 15) is 4.79 Å². The van der Waals surface area contributed by atoms with Crippen molar-refractivity contribution in [2.75, 3.05) is 11.9 Å². The van der Waals surface area contributed by atoms with Crippen LogP contribution in [-0.2, 0) is 4.79 Å². The van der Waals surface area contributed by atoms with Crippen LogP contribution in [0.25, 0.3) is 11.3 Å². The quantitative estimate of drug-likeness (QED) is 0.683. The van der Waals surface area contributed by atoms with Crippen LogP contribution < -0.4 is 14.8 Å². The minimum absolute atomic E-state index is 0.0904. The van der Waals surface area contributed by atoms with Crippen LogP contribution in [0.2, 0.25) is 0 Å². The third-order valence-electron chi connectivity index (χ3n) is 3.70. The Morgan fingerprint density at radius 3 is 2.56 bits per heavy atom. The SMILES string of the molecule is Cc1ccccc1OCC(=O)Nc1nonc1-c1ccc(OC(C)C)cc1. The van der Waals surface area contributed by atoms with Crippen LogP contribution in [0, 0.1) is 6.92 Å². The van der Waals surface area contributed by atoms with Crippen molar-refractivity contribution < 1.29 is 18.9 Å². The van der Waals surface area contributed by atoms with E-state index in [1.54, 1.807) is 0 Å². The minimum atomic E-state index is -0.352. The van der Waals surface area contributed by atoms with E-state index in [1.165, 1.54) is 0 Å². The summed E-state index contributed by atoms with van der Waals surface area (Å²) in [6, 6.07) is 14.8. The van der Waals surface area contributed by atoms with E-state index in [1.807, 2.05) is 69.3 Å². The molecule has 1 heterocycles. The summed E-state index contributed by atoms with van der Waals surface area (Å²) < 4.78 is 15.9. The highest BCUT2D eigenvalue weighted by Gasteiger charge is 2.16. The Morgan fingerprint density at radius 2 is 1.85 bits per heavy atom. The van der Waals surface area contributed by atoms with Gasteiger partial charge in [-0.2, -0.15) is 0 Å². The molecule has 0 saturated carbocycles. The van der Waals surface area contributed by atoms with Gasteiger partial charge in [0.25, 0.3) is 5.91 Å². The van der Waals surface area contributed by atoms with E-state index in [0.717, 1.165) is 16.9 Å². The zero-order valence-corrected chi connectivity index (χ0v) is 15.4. The summed E-state index contributed by atoms with van der Waals surface area (Å²) in [6.07, 6.45) is 0.0904. The molecule has 3 aromatic rings. The first-order valence-electron chi connectivity index (χ1n) is 8.61. The number of carbonyl (C=O) groups is 1. The smallest absolute Gasteiger partial charge is 0.263 e. The number of nitrogens with zero attached hydrogens (tertiary/aromatic N) is 2. The molecule has 0 aliphatic carbocycles. The lowest BCUT2D eigenvalue weighted by atomic mass is 10.1. The molecule has 0 aliphatic heterocycles. The monoisotopic (exact) mass is 367 g/mol. The highest BCUT2D eigenvalue weighted by molar-refractivity contribution is 5.94. The third-order valence-corrected chi connectivity index (χ3v) is 3.70. The number of nitrogens with one attached hydrogen (secondary N) is 1. The van der Waals surface area contributed by atoms with E-state index >= 15 is 0 Å². The van der Waals surface area contributed by atoms with Gasteiger partial charge in [-0.3, -0.25) is 4.79 Å². The van der Waals surface area contributed by atoms with Gasteiger partial charge in [-0.1, -0.05) is 18.2 Å². The summed E-state index contributed by atoms with van der Waals surface area (Å²) in [5.41, 5.74) is 2.15. The molecule has 0 spiro atoms. The molecule has 3 rings (SSSR count). The summed E-state index contributed by atoms with van der Waals surface area (Å²) in [4.78, 5) is 12.2. The second kappa shape index (κ2) is 8.35. The van der Waals surface area contributed by atoms with Gasteiger partial charge in [-0.25, -0.2) is 4.63 Å². The van der Waals surface area contributed by atoms with Crippen LogP contribution in [-0.4, -0.2) is 28.9 Å². The van der Waals surface area contributed by atoms with Crippen molar-refractivity contribution in [3.8, 4) is 22.8 Å². The van der Waals surface area contributed by atoms with Crippen molar-refractivity contribution in [3.63, 3.8) is 0 Å². The summed E-state index contributed by atoms with van der Waals surface area (Å²) in [6.45, 7) is 5.70. The Bertz CT molecular complexity index is 904. The van der Waals surface area contributed by atoms with Crippen LogP contribution in [0.1, 0.15) is 19.4 Å². The van der Waals surface area contributed by atoms with Crippen molar-refractivity contribution in [2.24, 2.45) is 0 Å². The van der Waals surface area contributed by atoms with Gasteiger partial charge in [-0.15, -0.1) is 0 Å². The van der Waals surface area contributed by atoms with E-state index < -0.39 is 0 Å². The number of carbonyl (C=O) groups excluding carboxylic acids is 1. The molecule has 0 saturated heterocycles. The largest absolute Gasteiger partial charge is 0.491 e. The molecule has 2 aromatic carbocycles. The average Bonchev–Trinajstić information content (AvgIpc) is 3.09. The van der Waals surface area contributed by atoms with Gasteiger partial charge >= 0.3 is 0 Å². The number of anilines is 1. The minimum Gasteiger partial charge on any atom is -0.491 e. The Kier molecular flexibility index (Phi) is 5.71. The normalized spacial score (nSPS) is 10.7. The van der Waals surface area contributed by atoms with Gasteiger partial charge in [0.1, 0.15) is 11.5 Å². The number of benzene rings is 2. The molecule has 7 nitrogen and oxygen atoms in total. The molecule has 0 atom stereocenters. The Labute approximate surface area is 157 Å². The molecular weight excluding hydrogens is 346 g/mol. The fourth-order valence-corrected chi connectivity index (χ4v) is 2.45. The summed E-state index contributed by atoms with van der Waals surface area (Å²) in [5, 5.41) is 10.3. The first-order valence-corrected chi connectivity index (χ1v) is 8.61. The maximum absolute atomic E-state index is 12.2. The first kappa shape index (κ1) is 18.4. The van der Waals surface area contributed by atoms with Gasteiger partial charge < -0.3 is 14.8 Å². The van der Waals surface area contributed by atoms with Crippen molar-refractivity contribution in [1.29, 1.82) is 0 Å². The van der Waals surface area contributed by atoms with Crippen LogP contribution in [0.15, 0.2) is 53.2 Å². The predicted octanol–water partition coefficient (Wildman–Crippen LogP) is 3.85. The first-order chi connectivity index (χ1) is 13.0. The van der Waals surface area contributed by atoms with Gasteiger partial charge in [0.15, 0.2) is 12.3 Å². The molecule has 0 bridgehead atoms. The fourth-order valence-electron chi connectivity index (χ4n) is 2.45. The predicted molar refractivity (Wildman–Crippen MR) is 101 cm³/mol. The Balaban J connectivity index is 1.64. The van der Waals surface area contributed by atoms with Crippen LogP contribution >= 0.6 is 0 Å². The Hall–Kier alpha value is -3.35. The van der Waals surface area contributed by atoms with Crippen molar-refractivity contribution in [2.45, 2.75) is 26.9 Å². The van der Waals surface area contributed by atoms with E-state index in [0.29, 0.717) is 11.4 Å². The molecule has 1 amide bonds. The molecular formula is C20H21N3O4. The third kappa shape index (κ3) is 4.84. The summed E-state index contributed by atoms with van der Waals surface area (Å²) >= 11 is 0. The number of aryl methyl sites for hydroxylation is 1. The average molecular weight is 367 g/mol. The highest BCUT2D eigenvalue weighted by Crippen LogP contribution is 2.26. The number of amides is 1. The molecule has 1 aromatic heterocycles. The van der Waals surface area contributed by atoms with E-state index in [4.69, 9.17) is 14.1 Å². The summed E-state index contributed by atoms with van der Waals surface area (Å²) in [5.74, 6) is 1.30. The number of aromatic nitrogens is 2. The number of hydrogen-bond donors (Lipinski definition) is 1. The number of para-hydroxylation sites is 1.